The van der Waals surface area contributed by atoms with Crippen molar-refractivity contribution in [3.63, 3.8) is 0 Å². The van der Waals surface area contributed by atoms with Gasteiger partial charge < -0.3 is 10.6 Å². The molecule has 0 aliphatic rings. The topological polar surface area (TPSA) is 118 Å². The van der Waals surface area contributed by atoms with Crippen LogP contribution in [0.25, 0.3) is 6.08 Å². The molecule has 0 aromatic carbocycles. The van der Waals surface area contributed by atoms with Crippen LogP contribution in [-0.4, -0.2) is 33.9 Å². The van der Waals surface area contributed by atoms with Gasteiger partial charge in [-0.15, -0.1) is 0 Å². The molecule has 3 N–H and O–H groups in total. The van der Waals surface area contributed by atoms with Crippen LogP contribution in [0, 0.1) is 10.1 Å². The fraction of sp³-hybridized carbons (Fsp3) is 0.250. The molecule has 0 spiro atoms. The highest BCUT2D eigenvalue weighted by molar-refractivity contribution is 5.56. The molecule has 0 unspecified atom stereocenters. The number of nitro groups is 1. The predicted molar refractivity (Wildman–Crippen MR) is 58.6 cm³/mol. The van der Waals surface area contributed by atoms with Gasteiger partial charge in [0.15, 0.2) is 5.69 Å². The molecule has 8 heteroatoms. The summed E-state index contributed by atoms with van der Waals surface area (Å²) in [7, 11) is 3.47. The maximum Gasteiger partial charge on any atom is 0.359 e. The molecule has 0 radical (unpaired) electrons. The third-order valence-electron chi connectivity index (χ3n) is 1.65. The number of hydrogen-bond donors (Lipinski definition) is 2. The lowest BCUT2D eigenvalue weighted by atomic mass is 10.3. The van der Waals surface area contributed by atoms with Crippen LogP contribution in [0.3, 0.4) is 0 Å². The second kappa shape index (κ2) is 4.43. The zero-order chi connectivity index (χ0) is 12.3. The van der Waals surface area contributed by atoms with Crippen molar-refractivity contribution in [3.05, 3.63) is 32.4 Å². The predicted octanol–water partition coefficient (Wildman–Crippen LogP) is -0.207. The number of anilines is 1. The Morgan fingerprint density at radius 3 is 2.69 bits per heavy atom. The first-order valence-electron chi connectivity index (χ1n) is 4.30. The molecule has 0 aliphatic heterocycles. The van der Waals surface area contributed by atoms with Crippen molar-refractivity contribution in [2.45, 2.75) is 0 Å². The van der Waals surface area contributed by atoms with Crippen LogP contribution in [-0.2, 0) is 0 Å². The summed E-state index contributed by atoms with van der Waals surface area (Å²) in [6.07, 6.45) is 2.89. The number of aromatic amines is 1. The Kier molecular flexibility index (Phi) is 3.24. The van der Waals surface area contributed by atoms with Gasteiger partial charge in [-0.25, -0.2) is 4.98 Å². The minimum absolute atomic E-state index is 0.0695. The van der Waals surface area contributed by atoms with Gasteiger partial charge in [0, 0.05) is 20.3 Å². The minimum Gasteiger partial charge on any atom is -0.383 e. The molecular weight excluding hydrogens is 214 g/mol. The Bertz CT molecular complexity index is 491. The number of nitrogens with two attached hydrogens (primary N) is 1. The molecule has 8 nitrogen and oxygen atoms in total. The molecule has 0 fully saturated rings. The third-order valence-corrected chi connectivity index (χ3v) is 1.65. The van der Waals surface area contributed by atoms with Crippen LogP contribution in [0.15, 0.2) is 11.0 Å². The average molecular weight is 225 g/mol. The van der Waals surface area contributed by atoms with Gasteiger partial charge >= 0.3 is 11.2 Å². The monoisotopic (exact) mass is 225 g/mol. The molecule has 0 saturated heterocycles. The summed E-state index contributed by atoms with van der Waals surface area (Å²) < 4.78 is 0. The molecule has 0 amide bonds. The van der Waals surface area contributed by atoms with E-state index in [0.29, 0.717) is 0 Å². The van der Waals surface area contributed by atoms with Gasteiger partial charge in [-0.2, -0.15) is 0 Å². The number of hydrogen-bond acceptors (Lipinski definition) is 6. The van der Waals surface area contributed by atoms with Crippen molar-refractivity contribution in [2.75, 3.05) is 19.8 Å². The minimum atomic E-state index is -0.865. The first-order chi connectivity index (χ1) is 7.41. The van der Waals surface area contributed by atoms with E-state index in [2.05, 4.69) is 9.97 Å². The Labute approximate surface area is 90.6 Å². The molecule has 1 heterocycles. The van der Waals surface area contributed by atoms with Gasteiger partial charge in [0.05, 0.1) is 4.92 Å². The second-order valence-corrected chi connectivity index (χ2v) is 3.22. The van der Waals surface area contributed by atoms with Crippen LogP contribution >= 0.6 is 0 Å². The molecule has 1 aromatic heterocycles. The SMILES string of the molecule is CN(C)C=Cc1nc(N)[nH]c(=O)c1[N+](=O)[O-]. The fourth-order valence-corrected chi connectivity index (χ4v) is 1.01. The van der Waals surface area contributed by atoms with Gasteiger partial charge in [0.25, 0.3) is 0 Å². The summed E-state index contributed by atoms with van der Waals surface area (Å²) in [5.41, 5.74) is 3.75. The van der Waals surface area contributed by atoms with Crippen molar-refractivity contribution in [3.8, 4) is 0 Å². The summed E-state index contributed by atoms with van der Waals surface area (Å²) in [6, 6.07) is 0. The number of nitrogens with zero attached hydrogens (tertiary/aromatic N) is 3. The summed E-state index contributed by atoms with van der Waals surface area (Å²) in [5.74, 6) is -0.158. The van der Waals surface area contributed by atoms with Gasteiger partial charge in [0.2, 0.25) is 5.95 Å². The Balaban J connectivity index is 3.36. The summed E-state index contributed by atoms with van der Waals surface area (Å²) in [5, 5.41) is 10.7. The van der Waals surface area contributed by atoms with Crippen LogP contribution in [0.4, 0.5) is 11.6 Å². The zero-order valence-corrected chi connectivity index (χ0v) is 8.80. The number of H-pyrrole nitrogens is 1. The van der Waals surface area contributed by atoms with Crippen molar-refractivity contribution in [2.24, 2.45) is 0 Å². The molecule has 0 atom stereocenters. The van der Waals surface area contributed by atoms with Crippen molar-refractivity contribution < 1.29 is 4.92 Å². The van der Waals surface area contributed by atoms with Crippen LogP contribution in [0.2, 0.25) is 0 Å². The zero-order valence-electron chi connectivity index (χ0n) is 8.80. The average Bonchev–Trinajstić information content (AvgIpc) is 2.12. The number of rotatable bonds is 3. The molecular formula is C8H11N5O3. The van der Waals surface area contributed by atoms with E-state index in [4.69, 9.17) is 5.73 Å². The maximum absolute atomic E-state index is 11.3. The maximum atomic E-state index is 11.3. The van der Waals surface area contributed by atoms with E-state index in [1.165, 1.54) is 12.3 Å². The first-order valence-corrected chi connectivity index (χ1v) is 4.30. The molecule has 0 saturated carbocycles. The van der Waals surface area contributed by atoms with Crippen LogP contribution in [0.5, 0.6) is 0 Å². The number of aromatic nitrogens is 2. The Hall–Kier alpha value is -2.38. The standard InChI is InChI=1S/C8H11N5O3/c1-12(2)4-3-5-6(13(15)16)7(14)11-8(9)10-5/h3-4H,1-2H3,(H3,9,10,11,14). The summed E-state index contributed by atoms with van der Waals surface area (Å²) >= 11 is 0. The van der Waals surface area contributed by atoms with Gasteiger partial charge in [0.1, 0.15) is 0 Å². The molecule has 0 bridgehead atoms. The number of nitrogen functional groups attached to an aromatic ring is 1. The lowest BCUT2D eigenvalue weighted by Crippen LogP contribution is -2.17. The largest absolute Gasteiger partial charge is 0.383 e. The number of nitrogens with one attached hydrogen (secondary N) is 1. The van der Waals surface area contributed by atoms with E-state index in [1.807, 2.05) is 0 Å². The third kappa shape index (κ3) is 2.56. The lowest BCUT2D eigenvalue weighted by Gasteiger charge is -2.03. The molecule has 0 aliphatic carbocycles. The normalized spacial score (nSPS) is 10.6. The molecule has 86 valence electrons. The summed E-state index contributed by atoms with van der Waals surface area (Å²) in [6.45, 7) is 0. The highest BCUT2D eigenvalue weighted by Crippen LogP contribution is 2.12. The van der Waals surface area contributed by atoms with Gasteiger partial charge in [-0.05, 0) is 6.08 Å². The fourth-order valence-electron chi connectivity index (χ4n) is 1.01. The van der Waals surface area contributed by atoms with E-state index >= 15 is 0 Å². The van der Waals surface area contributed by atoms with Crippen molar-refractivity contribution in [1.82, 2.24) is 14.9 Å². The Morgan fingerprint density at radius 1 is 1.56 bits per heavy atom. The molecule has 16 heavy (non-hydrogen) atoms. The highest BCUT2D eigenvalue weighted by Gasteiger charge is 2.19. The van der Waals surface area contributed by atoms with E-state index in [-0.39, 0.29) is 11.6 Å². The first kappa shape index (κ1) is 11.7. The molecule has 1 aromatic rings. The quantitative estimate of drug-likeness (QED) is 0.542. The van der Waals surface area contributed by atoms with E-state index < -0.39 is 16.2 Å². The van der Waals surface area contributed by atoms with Gasteiger partial charge in [-0.3, -0.25) is 19.9 Å². The van der Waals surface area contributed by atoms with E-state index in [9.17, 15) is 14.9 Å². The Morgan fingerprint density at radius 2 is 2.19 bits per heavy atom. The van der Waals surface area contributed by atoms with E-state index in [1.54, 1.807) is 19.0 Å². The molecule has 1 rings (SSSR count). The second-order valence-electron chi connectivity index (χ2n) is 3.22. The van der Waals surface area contributed by atoms with Crippen LogP contribution < -0.4 is 11.3 Å². The van der Waals surface area contributed by atoms with Crippen molar-refractivity contribution >= 4 is 17.7 Å². The van der Waals surface area contributed by atoms with Crippen LogP contribution in [0.1, 0.15) is 5.69 Å². The van der Waals surface area contributed by atoms with E-state index in [0.717, 1.165) is 0 Å². The van der Waals surface area contributed by atoms with Crippen molar-refractivity contribution in [1.29, 1.82) is 0 Å². The lowest BCUT2D eigenvalue weighted by molar-refractivity contribution is -0.386. The highest BCUT2D eigenvalue weighted by atomic mass is 16.6. The summed E-state index contributed by atoms with van der Waals surface area (Å²) in [4.78, 5) is 28.6. The van der Waals surface area contributed by atoms with Gasteiger partial charge in [-0.1, -0.05) is 0 Å². The smallest absolute Gasteiger partial charge is 0.359 e.